The van der Waals surface area contributed by atoms with E-state index in [0.29, 0.717) is 12.3 Å². The zero-order valence-electron chi connectivity index (χ0n) is 16.7. The van der Waals surface area contributed by atoms with Crippen LogP contribution in [-0.2, 0) is 11.3 Å². The summed E-state index contributed by atoms with van der Waals surface area (Å²) in [6, 6.07) is 0. The van der Waals surface area contributed by atoms with E-state index < -0.39 is 0 Å². The number of nitrogens with zero attached hydrogens (tertiary/aromatic N) is 4. The van der Waals surface area contributed by atoms with Crippen molar-refractivity contribution in [1.29, 1.82) is 0 Å². The monoisotopic (exact) mass is 372 g/mol. The Labute approximate surface area is 161 Å². The van der Waals surface area contributed by atoms with Crippen LogP contribution in [0.2, 0.25) is 0 Å². The molecule has 6 nitrogen and oxygen atoms in total. The molecule has 0 bridgehead atoms. The molecule has 0 N–H and O–H groups in total. The fourth-order valence-electron chi connectivity index (χ4n) is 4.86. The number of rotatable bonds is 5. The average Bonchev–Trinajstić information content (AvgIpc) is 3.41. The maximum absolute atomic E-state index is 13.2. The van der Waals surface area contributed by atoms with E-state index in [2.05, 4.69) is 16.9 Å². The molecule has 3 fully saturated rings. The summed E-state index contributed by atoms with van der Waals surface area (Å²) in [5, 5.41) is 4.40. The van der Waals surface area contributed by atoms with E-state index in [1.165, 1.54) is 12.8 Å². The maximum atomic E-state index is 13.2. The Balaban J connectivity index is 1.47. The molecule has 0 aromatic carbocycles. The highest BCUT2D eigenvalue weighted by Crippen LogP contribution is 2.41. The molecule has 6 heteroatoms. The van der Waals surface area contributed by atoms with Crippen LogP contribution in [-0.4, -0.2) is 57.6 Å². The molecule has 3 heterocycles. The molecule has 0 radical (unpaired) electrons. The predicted octanol–water partition coefficient (Wildman–Crippen LogP) is 2.86. The number of carbonyl (C=O) groups excluding carboxylic acids is 2. The first-order valence-electron chi connectivity index (χ1n) is 10.6. The van der Waals surface area contributed by atoms with Crippen LogP contribution in [0.25, 0.3) is 0 Å². The van der Waals surface area contributed by atoms with E-state index in [9.17, 15) is 9.59 Å². The summed E-state index contributed by atoms with van der Waals surface area (Å²) < 4.78 is 1.93. The van der Waals surface area contributed by atoms with Crippen LogP contribution in [0.15, 0.2) is 6.20 Å². The Kier molecular flexibility index (Phi) is 4.99. The SMILES string of the molecule is CCCn1ncc(C(=O)N2CCCC3(CCC(=O)N(CC4CC4)C3)C2)c1C. The molecule has 148 valence electrons. The number of likely N-dealkylation sites (tertiary alicyclic amines) is 2. The van der Waals surface area contributed by atoms with Gasteiger partial charge >= 0.3 is 0 Å². The zero-order valence-corrected chi connectivity index (χ0v) is 16.7. The second kappa shape index (κ2) is 7.28. The summed E-state index contributed by atoms with van der Waals surface area (Å²) >= 11 is 0. The van der Waals surface area contributed by atoms with Gasteiger partial charge in [0.15, 0.2) is 0 Å². The lowest BCUT2D eigenvalue weighted by molar-refractivity contribution is -0.139. The quantitative estimate of drug-likeness (QED) is 0.799. The van der Waals surface area contributed by atoms with Crippen LogP contribution >= 0.6 is 0 Å². The van der Waals surface area contributed by atoms with Gasteiger partial charge in [0.25, 0.3) is 5.91 Å². The minimum Gasteiger partial charge on any atom is -0.342 e. The molecule has 1 saturated carbocycles. The summed E-state index contributed by atoms with van der Waals surface area (Å²) in [6.45, 7) is 8.31. The van der Waals surface area contributed by atoms with Crippen molar-refractivity contribution < 1.29 is 9.59 Å². The minimum absolute atomic E-state index is 0.0873. The fourth-order valence-corrected chi connectivity index (χ4v) is 4.86. The summed E-state index contributed by atoms with van der Waals surface area (Å²) in [7, 11) is 0. The van der Waals surface area contributed by atoms with Gasteiger partial charge in [-0.05, 0) is 51.4 Å². The lowest BCUT2D eigenvalue weighted by Crippen LogP contribution is -2.55. The molecule has 1 aromatic heterocycles. The van der Waals surface area contributed by atoms with Gasteiger partial charge in [0, 0.05) is 50.3 Å². The third-order valence-electron chi connectivity index (χ3n) is 6.64. The van der Waals surface area contributed by atoms with Crippen molar-refractivity contribution in [2.75, 3.05) is 26.2 Å². The van der Waals surface area contributed by atoms with E-state index in [0.717, 1.165) is 75.6 Å². The van der Waals surface area contributed by atoms with Crippen molar-refractivity contribution in [3.05, 3.63) is 17.5 Å². The normalized spacial score (nSPS) is 26.1. The van der Waals surface area contributed by atoms with Gasteiger partial charge in [-0.3, -0.25) is 14.3 Å². The minimum atomic E-state index is 0.0873. The number of aryl methyl sites for hydroxylation is 1. The second-order valence-corrected chi connectivity index (χ2v) is 8.91. The van der Waals surface area contributed by atoms with Crippen molar-refractivity contribution in [1.82, 2.24) is 19.6 Å². The van der Waals surface area contributed by atoms with Crippen LogP contribution in [0, 0.1) is 18.3 Å². The highest BCUT2D eigenvalue weighted by Gasteiger charge is 2.44. The average molecular weight is 373 g/mol. The summed E-state index contributed by atoms with van der Waals surface area (Å²) in [4.78, 5) is 29.7. The lowest BCUT2D eigenvalue weighted by Gasteiger charge is -2.48. The van der Waals surface area contributed by atoms with Crippen LogP contribution in [0.1, 0.15) is 67.9 Å². The molecule has 2 saturated heterocycles. The van der Waals surface area contributed by atoms with Crippen molar-refractivity contribution in [2.45, 2.75) is 65.3 Å². The van der Waals surface area contributed by atoms with E-state index in [1.807, 2.05) is 16.5 Å². The van der Waals surface area contributed by atoms with Crippen LogP contribution in [0.4, 0.5) is 0 Å². The van der Waals surface area contributed by atoms with Crippen molar-refractivity contribution in [2.24, 2.45) is 11.3 Å². The summed E-state index contributed by atoms with van der Waals surface area (Å²) in [5.41, 5.74) is 1.79. The summed E-state index contributed by atoms with van der Waals surface area (Å²) in [6.07, 6.45) is 8.99. The highest BCUT2D eigenvalue weighted by molar-refractivity contribution is 5.95. The van der Waals surface area contributed by atoms with Crippen molar-refractivity contribution in [3.63, 3.8) is 0 Å². The Bertz CT molecular complexity index is 724. The first-order valence-corrected chi connectivity index (χ1v) is 10.6. The first kappa shape index (κ1) is 18.5. The topological polar surface area (TPSA) is 58.4 Å². The van der Waals surface area contributed by atoms with E-state index in [-0.39, 0.29) is 11.3 Å². The number of hydrogen-bond donors (Lipinski definition) is 0. The van der Waals surface area contributed by atoms with Gasteiger partial charge in [-0.2, -0.15) is 5.10 Å². The van der Waals surface area contributed by atoms with Crippen molar-refractivity contribution in [3.8, 4) is 0 Å². The van der Waals surface area contributed by atoms with E-state index in [4.69, 9.17) is 0 Å². The predicted molar refractivity (Wildman–Crippen MR) is 103 cm³/mol. The molecular weight excluding hydrogens is 340 g/mol. The molecule has 2 amide bonds. The van der Waals surface area contributed by atoms with E-state index in [1.54, 1.807) is 6.20 Å². The number of amides is 2. The first-order chi connectivity index (χ1) is 13.0. The largest absolute Gasteiger partial charge is 0.342 e. The van der Waals surface area contributed by atoms with Crippen molar-refractivity contribution >= 4 is 11.8 Å². The number of aromatic nitrogens is 2. The smallest absolute Gasteiger partial charge is 0.257 e. The van der Waals surface area contributed by atoms with Crippen LogP contribution in [0.5, 0.6) is 0 Å². The van der Waals surface area contributed by atoms with Gasteiger partial charge in [-0.1, -0.05) is 6.92 Å². The molecule has 1 spiro atoms. The number of hydrogen-bond acceptors (Lipinski definition) is 3. The Morgan fingerprint density at radius 1 is 1.30 bits per heavy atom. The summed E-state index contributed by atoms with van der Waals surface area (Å²) in [5.74, 6) is 1.14. The van der Waals surface area contributed by atoms with Gasteiger partial charge in [0.2, 0.25) is 5.91 Å². The van der Waals surface area contributed by atoms with Crippen LogP contribution < -0.4 is 0 Å². The molecule has 1 unspecified atom stereocenters. The molecule has 2 aliphatic heterocycles. The molecular formula is C21H32N4O2. The Hall–Kier alpha value is -1.85. The molecule has 1 aromatic rings. The highest BCUT2D eigenvalue weighted by atomic mass is 16.2. The molecule has 1 aliphatic carbocycles. The third kappa shape index (κ3) is 3.76. The second-order valence-electron chi connectivity index (χ2n) is 8.91. The number of carbonyl (C=O) groups is 2. The Morgan fingerprint density at radius 2 is 2.11 bits per heavy atom. The molecule has 4 rings (SSSR count). The van der Waals surface area contributed by atoms with Gasteiger partial charge in [-0.25, -0.2) is 0 Å². The Morgan fingerprint density at radius 3 is 2.85 bits per heavy atom. The van der Waals surface area contributed by atoms with E-state index >= 15 is 0 Å². The molecule has 3 aliphatic rings. The lowest BCUT2D eigenvalue weighted by atomic mass is 9.73. The van der Waals surface area contributed by atoms with Gasteiger partial charge < -0.3 is 9.80 Å². The van der Waals surface area contributed by atoms with Gasteiger partial charge in [-0.15, -0.1) is 0 Å². The van der Waals surface area contributed by atoms with Crippen LogP contribution in [0.3, 0.4) is 0 Å². The molecule has 1 atom stereocenters. The van der Waals surface area contributed by atoms with Gasteiger partial charge in [0.05, 0.1) is 11.8 Å². The molecule has 27 heavy (non-hydrogen) atoms. The number of piperidine rings is 2. The zero-order chi connectivity index (χ0) is 19.0. The standard InChI is InChI=1S/C21H32N4O2/c1-3-10-25-16(2)18(12-22-25)20(27)23-11-4-8-21(14-23)9-7-19(26)24(15-21)13-17-5-6-17/h12,17H,3-11,13-15H2,1-2H3. The third-order valence-corrected chi connectivity index (χ3v) is 6.64. The maximum Gasteiger partial charge on any atom is 0.257 e. The fraction of sp³-hybridized carbons (Fsp3) is 0.762. The van der Waals surface area contributed by atoms with Gasteiger partial charge in [0.1, 0.15) is 0 Å².